The molecule has 0 saturated heterocycles. The van der Waals surface area contributed by atoms with E-state index < -0.39 is 4.92 Å². The van der Waals surface area contributed by atoms with Crippen molar-refractivity contribution in [3.63, 3.8) is 0 Å². The molecule has 0 spiro atoms. The Balaban J connectivity index is 2.38. The normalized spacial score (nSPS) is 16.9. The third-order valence-corrected chi connectivity index (χ3v) is 3.36. The molecule has 7 nitrogen and oxygen atoms in total. The number of nitro groups is 1. The maximum absolute atomic E-state index is 12.5. The van der Waals surface area contributed by atoms with Crippen molar-refractivity contribution in [3.05, 3.63) is 45.6 Å². The number of anilines is 1. The van der Waals surface area contributed by atoms with Gasteiger partial charge in [-0.2, -0.15) is 10.1 Å². The van der Waals surface area contributed by atoms with Crippen LogP contribution in [0.15, 0.2) is 40.6 Å². The summed E-state index contributed by atoms with van der Waals surface area (Å²) in [5.74, 6) is -0.229. The lowest BCUT2D eigenvalue weighted by Crippen LogP contribution is -2.24. The van der Waals surface area contributed by atoms with Gasteiger partial charge < -0.3 is 4.90 Å². The van der Waals surface area contributed by atoms with Crippen molar-refractivity contribution in [3.8, 4) is 0 Å². The number of allylic oxidation sites excluding steroid dienone is 1. The highest BCUT2D eigenvalue weighted by Crippen LogP contribution is 2.27. The molecule has 1 aliphatic heterocycles. The fraction of sp³-hybridized carbons (Fsp3) is 0.286. The van der Waals surface area contributed by atoms with Gasteiger partial charge in [-0.15, -0.1) is 0 Å². The summed E-state index contributed by atoms with van der Waals surface area (Å²) < 4.78 is 0. The minimum absolute atomic E-state index is 0.0219. The monoisotopic (exact) mass is 288 g/mol. The molecule has 0 aliphatic carbocycles. The van der Waals surface area contributed by atoms with Crippen LogP contribution in [0.25, 0.3) is 0 Å². The van der Waals surface area contributed by atoms with Gasteiger partial charge in [0, 0.05) is 31.9 Å². The van der Waals surface area contributed by atoms with E-state index in [0.29, 0.717) is 17.0 Å². The highest BCUT2D eigenvalue weighted by atomic mass is 16.6. The van der Waals surface area contributed by atoms with Gasteiger partial charge in [-0.1, -0.05) is 0 Å². The fourth-order valence-electron chi connectivity index (χ4n) is 2.04. The number of hydrogen-bond acceptors (Lipinski definition) is 5. The van der Waals surface area contributed by atoms with Gasteiger partial charge in [-0.3, -0.25) is 14.9 Å². The molecule has 0 saturated carbocycles. The number of benzene rings is 1. The van der Waals surface area contributed by atoms with Crippen LogP contribution in [0.4, 0.5) is 11.4 Å². The predicted molar refractivity (Wildman–Crippen MR) is 80.1 cm³/mol. The van der Waals surface area contributed by atoms with E-state index in [-0.39, 0.29) is 11.6 Å². The summed E-state index contributed by atoms with van der Waals surface area (Å²) in [5, 5.41) is 16.2. The standard InChI is InChI=1S/C14H16N4O3/c1-9-13(10(2)16(3)4)14(19)17(15-9)11-5-7-12(8-6-11)18(20)21/h5-8H,1-4H3. The SMILES string of the molecule is CC1=NN(c2ccc([N+](=O)[O-])cc2)C(=O)C1=C(C)N(C)C. The molecule has 2 rings (SSSR count). The lowest BCUT2D eigenvalue weighted by molar-refractivity contribution is -0.384. The van der Waals surface area contributed by atoms with Gasteiger partial charge in [0.2, 0.25) is 0 Å². The van der Waals surface area contributed by atoms with Crippen LogP contribution < -0.4 is 5.01 Å². The summed E-state index contributed by atoms with van der Waals surface area (Å²) >= 11 is 0. The van der Waals surface area contributed by atoms with Crippen molar-refractivity contribution in [1.82, 2.24) is 4.90 Å². The van der Waals surface area contributed by atoms with Crippen LogP contribution >= 0.6 is 0 Å². The van der Waals surface area contributed by atoms with E-state index >= 15 is 0 Å². The first-order valence-electron chi connectivity index (χ1n) is 6.35. The lowest BCUT2D eigenvalue weighted by Gasteiger charge is -2.16. The maximum Gasteiger partial charge on any atom is 0.282 e. The number of non-ortho nitro benzene ring substituents is 1. The van der Waals surface area contributed by atoms with Crippen LogP contribution in [0.5, 0.6) is 0 Å². The Morgan fingerprint density at radius 1 is 1.29 bits per heavy atom. The van der Waals surface area contributed by atoms with Gasteiger partial charge in [0.05, 0.1) is 21.9 Å². The zero-order chi connectivity index (χ0) is 15.7. The summed E-state index contributed by atoms with van der Waals surface area (Å²) in [6.07, 6.45) is 0. The average molecular weight is 288 g/mol. The molecule has 1 aromatic rings. The Bertz CT molecular complexity index is 659. The highest BCUT2D eigenvalue weighted by molar-refractivity contribution is 6.30. The number of nitro benzene ring substituents is 1. The number of hydrazone groups is 1. The van der Waals surface area contributed by atoms with E-state index in [2.05, 4.69) is 5.10 Å². The number of rotatable bonds is 3. The topological polar surface area (TPSA) is 79.0 Å². The summed E-state index contributed by atoms with van der Waals surface area (Å²) in [7, 11) is 3.72. The number of nitrogens with zero attached hydrogens (tertiary/aromatic N) is 4. The van der Waals surface area contributed by atoms with Crippen molar-refractivity contribution in [2.24, 2.45) is 5.10 Å². The van der Waals surface area contributed by atoms with Crippen molar-refractivity contribution in [2.75, 3.05) is 19.1 Å². The lowest BCUT2D eigenvalue weighted by atomic mass is 10.1. The first-order valence-corrected chi connectivity index (χ1v) is 6.35. The molecule has 0 bridgehead atoms. The Labute approximate surface area is 122 Å². The van der Waals surface area contributed by atoms with E-state index in [1.165, 1.54) is 29.3 Å². The molecule has 0 fully saturated rings. The van der Waals surface area contributed by atoms with Crippen LogP contribution in [-0.4, -0.2) is 35.5 Å². The second-order valence-corrected chi connectivity index (χ2v) is 4.93. The molecule has 0 N–H and O–H groups in total. The first-order chi connectivity index (χ1) is 9.82. The summed E-state index contributed by atoms with van der Waals surface area (Å²) in [4.78, 5) is 24.5. The molecule has 0 radical (unpaired) electrons. The molecule has 0 atom stereocenters. The van der Waals surface area contributed by atoms with E-state index in [4.69, 9.17) is 0 Å². The first kappa shape index (κ1) is 14.7. The largest absolute Gasteiger partial charge is 0.380 e. The Hall–Kier alpha value is -2.70. The van der Waals surface area contributed by atoms with Crippen molar-refractivity contribution >= 4 is 23.0 Å². The Morgan fingerprint density at radius 3 is 2.33 bits per heavy atom. The molecule has 0 unspecified atom stereocenters. The third kappa shape index (κ3) is 2.62. The third-order valence-electron chi connectivity index (χ3n) is 3.36. The second kappa shape index (κ2) is 5.35. The molecule has 21 heavy (non-hydrogen) atoms. The van der Waals surface area contributed by atoms with Crippen LogP contribution in [0, 0.1) is 10.1 Å². The Morgan fingerprint density at radius 2 is 1.86 bits per heavy atom. The number of amides is 1. The van der Waals surface area contributed by atoms with Gasteiger partial charge in [0.25, 0.3) is 11.6 Å². The van der Waals surface area contributed by atoms with E-state index in [1.807, 2.05) is 25.9 Å². The molecular weight excluding hydrogens is 272 g/mol. The molecule has 1 heterocycles. The quantitative estimate of drug-likeness (QED) is 0.485. The second-order valence-electron chi connectivity index (χ2n) is 4.93. The molecule has 1 aliphatic rings. The zero-order valence-corrected chi connectivity index (χ0v) is 12.3. The average Bonchev–Trinajstić information content (AvgIpc) is 2.73. The van der Waals surface area contributed by atoms with Crippen molar-refractivity contribution in [2.45, 2.75) is 13.8 Å². The molecule has 1 amide bonds. The molecule has 0 aromatic heterocycles. The predicted octanol–water partition coefficient (Wildman–Crippen LogP) is 2.15. The van der Waals surface area contributed by atoms with Gasteiger partial charge in [-0.05, 0) is 26.0 Å². The molecule has 1 aromatic carbocycles. The van der Waals surface area contributed by atoms with E-state index in [0.717, 1.165) is 5.70 Å². The minimum atomic E-state index is -0.481. The van der Waals surface area contributed by atoms with E-state index in [1.54, 1.807) is 6.92 Å². The van der Waals surface area contributed by atoms with Crippen molar-refractivity contribution < 1.29 is 9.72 Å². The molecule has 7 heteroatoms. The maximum atomic E-state index is 12.5. The number of carbonyl (C=O) groups is 1. The van der Waals surface area contributed by atoms with Crippen LogP contribution in [0.1, 0.15) is 13.8 Å². The van der Waals surface area contributed by atoms with Gasteiger partial charge in [0.15, 0.2) is 0 Å². The summed E-state index contributed by atoms with van der Waals surface area (Å²) in [5.41, 5.74) is 2.49. The van der Waals surface area contributed by atoms with Gasteiger partial charge in [0.1, 0.15) is 0 Å². The van der Waals surface area contributed by atoms with E-state index in [9.17, 15) is 14.9 Å². The van der Waals surface area contributed by atoms with Crippen molar-refractivity contribution in [1.29, 1.82) is 0 Å². The zero-order valence-electron chi connectivity index (χ0n) is 12.3. The Kier molecular flexibility index (Phi) is 3.75. The molecule has 110 valence electrons. The van der Waals surface area contributed by atoms with Gasteiger partial charge >= 0.3 is 0 Å². The highest BCUT2D eigenvalue weighted by Gasteiger charge is 2.31. The van der Waals surface area contributed by atoms with Gasteiger partial charge in [-0.25, -0.2) is 0 Å². The fourth-order valence-corrected chi connectivity index (χ4v) is 2.04. The number of hydrogen-bond donors (Lipinski definition) is 0. The summed E-state index contributed by atoms with van der Waals surface area (Å²) in [6.45, 7) is 3.62. The van der Waals surface area contributed by atoms with Crippen LogP contribution in [0.2, 0.25) is 0 Å². The number of carbonyl (C=O) groups excluding carboxylic acids is 1. The molecular formula is C14H16N4O3. The smallest absolute Gasteiger partial charge is 0.282 e. The summed E-state index contributed by atoms with van der Waals surface area (Å²) in [6, 6.07) is 5.74. The van der Waals surface area contributed by atoms with Crippen LogP contribution in [-0.2, 0) is 4.79 Å². The van der Waals surface area contributed by atoms with Crippen LogP contribution in [0.3, 0.4) is 0 Å². The minimum Gasteiger partial charge on any atom is -0.380 e.